The Balaban J connectivity index is 0.00000225. The predicted molar refractivity (Wildman–Crippen MR) is 101 cm³/mol. The van der Waals surface area contributed by atoms with Crippen LogP contribution in [-0.4, -0.2) is 29.3 Å². The zero-order chi connectivity index (χ0) is 17.1. The Kier molecular flexibility index (Phi) is 6.85. The molecule has 0 heterocycles. The van der Waals surface area contributed by atoms with Crippen molar-refractivity contribution in [2.75, 3.05) is 11.9 Å². The van der Waals surface area contributed by atoms with Gasteiger partial charge in [0.05, 0.1) is 0 Å². The van der Waals surface area contributed by atoms with Gasteiger partial charge in [-0.25, -0.2) is 0 Å². The first-order valence-electron chi connectivity index (χ1n) is 8.95. The average molecular weight is 366 g/mol. The Morgan fingerprint density at radius 1 is 1.16 bits per heavy atom. The molecule has 2 aliphatic rings. The lowest BCUT2D eigenvalue weighted by atomic mass is 9.95. The number of carbonyl (C=O) groups is 2. The molecule has 2 saturated carbocycles. The minimum Gasteiger partial charge on any atom is -0.336 e. The summed E-state index contributed by atoms with van der Waals surface area (Å²) in [6.45, 7) is 2.85. The summed E-state index contributed by atoms with van der Waals surface area (Å²) in [5, 5.41) is 3.01. The number of rotatable bonds is 6. The summed E-state index contributed by atoms with van der Waals surface area (Å²) < 4.78 is 0. The summed E-state index contributed by atoms with van der Waals surface area (Å²) in [6.07, 6.45) is 5.28. The first kappa shape index (κ1) is 19.7. The minimum absolute atomic E-state index is 0. The zero-order valence-corrected chi connectivity index (χ0v) is 15.6. The van der Waals surface area contributed by atoms with Crippen molar-refractivity contribution >= 4 is 29.9 Å². The van der Waals surface area contributed by atoms with E-state index in [4.69, 9.17) is 5.73 Å². The molecule has 3 N–H and O–H groups in total. The minimum atomic E-state index is 0. The topological polar surface area (TPSA) is 75.4 Å². The standard InChI is InChI=1S/C19H27N3O2.ClH/c1-13(23)22(17-9-10-17)12-14-5-7-16(8-6-14)21-19(24)18-4-2-3-15(18)11-20;/h5-8,15,17-18H,2-4,9-12,20H2,1H3,(H,21,24);1H/t15-,18-;/m1./s1. The molecular formula is C19H28ClN3O2. The van der Waals surface area contributed by atoms with E-state index in [-0.39, 0.29) is 30.1 Å². The van der Waals surface area contributed by atoms with Crippen LogP contribution in [0.25, 0.3) is 0 Å². The van der Waals surface area contributed by atoms with Crippen LogP contribution in [0.4, 0.5) is 5.69 Å². The fourth-order valence-corrected chi connectivity index (χ4v) is 3.67. The molecule has 0 aliphatic heterocycles. The maximum absolute atomic E-state index is 12.4. The van der Waals surface area contributed by atoms with Gasteiger partial charge in [0.2, 0.25) is 11.8 Å². The molecule has 1 aromatic rings. The van der Waals surface area contributed by atoms with Crippen molar-refractivity contribution in [2.24, 2.45) is 17.6 Å². The molecule has 5 nitrogen and oxygen atoms in total. The predicted octanol–water partition coefficient (Wildman–Crippen LogP) is 2.93. The Bertz CT molecular complexity index is 601. The Morgan fingerprint density at radius 3 is 2.40 bits per heavy atom. The van der Waals surface area contributed by atoms with Crippen LogP contribution in [0.3, 0.4) is 0 Å². The lowest BCUT2D eigenvalue weighted by Crippen LogP contribution is -2.30. The van der Waals surface area contributed by atoms with Gasteiger partial charge in [-0.15, -0.1) is 12.4 Å². The van der Waals surface area contributed by atoms with Gasteiger partial charge < -0.3 is 16.0 Å². The number of anilines is 1. The van der Waals surface area contributed by atoms with Crippen LogP contribution in [-0.2, 0) is 16.1 Å². The van der Waals surface area contributed by atoms with Gasteiger partial charge in [0.15, 0.2) is 0 Å². The molecule has 2 fully saturated rings. The fourth-order valence-electron chi connectivity index (χ4n) is 3.67. The van der Waals surface area contributed by atoms with Crippen molar-refractivity contribution < 1.29 is 9.59 Å². The second-order valence-corrected chi connectivity index (χ2v) is 7.10. The number of carbonyl (C=O) groups excluding carboxylic acids is 2. The highest BCUT2D eigenvalue weighted by Crippen LogP contribution is 2.32. The van der Waals surface area contributed by atoms with Gasteiger partial charge in [0, 0.05) is 31.1 Å². The van der Waals surface area contributed by atoms with E-state index in [0.717, 1.165) is 43.4 Å². The average Bonchev–Trinajstić information content (AvgIpc) is 3.29. The number of nitrogens with two attached hydrogens (primary N) is 1. The molecule has 2 aliphatic carbocycles. The smallest absolute Gasteiger partial charge is 0.227 e. The number of nitrogens with one attached hydrogen (secondary N) is 1. The molecule has 0 saturated heterocycles. The van der Waals surface area contributed by atoms with Gasteiger partial charge in [-0.2, -0.15) is 0 Å². The SMILES string of the molecule is CC(=O)N(Cc1ccc(NC(=O)[C@@H]2CCC[C@@H]2CN)cc1)C1CC1.Cl. The molecule has 0 bridgehead atoms. The van der Waals surface area contributed by atoms with Crippen LogP contribution in [0.5, 0.6) is 0 Å². The number of halogens is 1. The molecule has 0 unspecified atom stereocenters. The van der Waals surface area contributed by atoms with Gasteiger partial charge >= 0.3 is 0 Å². The number of hydrogen-bond acceptors (Lipinski definition) is 3. The summed E-state index contributed by atoms with van der Waals surface area (Å²) in [7, 11) is 0. The zero-order valence-electron chi connectivity index (χ0n) is 14.7. The maximum atomic E-state index is 12.4. The van der Waals surface area contributed by atoms with Crippen LogP contribution in [0.2, 0.25) is 0 Å². The van der Waals surface area contributed by atoms with Gasteiger partial charge in [-0.05, 0) is 55.8 Å². The number of amides is 2. The lowest BCUT2D eigenvalue weighted by Gasteiger charge is -2.21. The number of nitrogens with zero attached hydrogens (tertiary/aromatic N) is 1. The molecule has 3 rings (SSSR count). The Labute approximate surface area is 155 Å². The molecule has 0 aromatic heterocycles. The van der Waals surface area contributed by atoms with E-state index in [2.05, 4.69) is 5.32 Å². The third kappa shape index (κ3) is 4.95. The van der Waals surface area contributed by atoms with E-state index < -0.39 is 0 Å². The van der Waals surface area contributed by atoms with Crippen LogP contribution in [0, 0.1) is 11.8 Å². The molecule has 6 heteroatoms. The fraction of sp³-hybridized carbons (Fsp3) is 0.579. The second kappa shape index (κ2) is 8.68. The van der Waals surface area contributed by atoms with Crippen LogP contribution in [0.15, 0.2) is 24.3 Å². The molecular weight excluding hydrogens is 338 g/mol. The summed E-state index contributed by atoms with van der Waals surface area (Å²) in [5.74, 6) is 0.563. The molecule has 2 amide bonds. The van der Waals surface area contributed by atoms with E-state index in [0.29, 0.717) is 25.0 Å². The number of benzene rings is 1. The summed E-state index contributed by atoms with van der Waals surface area (Å²) in [4.78, 5) is 26.0. The molecule has 2 atom stereocenters. The van der Waals surface area contributed by atoms with E-state index in [1.54, 1.807) is 6.92 Å². The van der Waals surface area contributed by atoms with Crippen LogP contribution < -0.4 is 11.1 Å². The van der Waals surface area contributed by atoms with Crippen molar-refractivity contribution in [2.45, 2.75) is 51.6 Å². The van der Waals surface area contributed by atoms with Gasteiger partial charge in [0.1, 0.15) is 0 Å². The van der Waals surface area contributed by atoms with Crippen molar-refractivity contribution in [3.05, 3.63) is 29.8 Å². The monoisotopic (exact) mass is 365 g/mol. The third-order valence-corrected chi connectivity index (χ3v) is 5.27. The van der Waals surface area contributed by atoms with Crippen LogP contribution in [0.1, 0.15) is 44.6 Å². The number of hydrogen-bond donors (Lipinski definition) is 2. The highest BCUT2D eigenvalue weighted by molar-refractivity contribution is 5.93. The first-order chi connectivity index (χ1) is 11.6. The molecule has 0 radical (unpaired) electrons. The van der Waals surface area contributed by atoms with Crippen molar-refractivity contribution in [1.82, 2.24) is 4.90 Å². The largest absolute Gasteiger partial charge is 0.336 e. The van der Waals surface area contributed by atoms with Gasteiger partial charge in [-0.1, -0.05) is 18.6 Å². The van der Waals surface area contributed by atoms with Gasteiger partial charge in [0.25, 0.3) is 0 Å². The molecule has 1 aromatic carbocycles. The third-order valence-electron chi connectivity index (χ3n) is 5.27. The molecule has 25 heavy (non-hydrogen) atoms. The lowest BCUT2D eigenvalue weighted by molar-refractivity contribution is -0.130. The van der Waals surface area contributed by atoms with E-state index in [1.807, 2.05) is 29.2 Å². The van der Waals surface area contributed by atoms with E-state index in [1.165, 1.54) is 0 Å². The summed E-state index contributed by atoms with van der Waals surface area (Å²) >= 11 is 0. The van der Waals surface area contributed by atoms with Crippen LogP contribution >= 0.6 is 12.4 Å². The highest BCUT2D eigenvalue weighted by atomic mass is 35.5. The van der Waals surface area contributed by atoms with Gasteiger partial charge in [-0.3, -0.25) is 9.59 Å². The van der Waals surface area contributed by atoms with E-state index >= 15 is 0 Å². The van der Waals surface area contributed by atoms with Crippen molar-refractivity contribution in [1.29, 1.82) is 0 Å². The Morgan fingerprint density at radius 2 is 1.84 bits per heavy atom. The van der Waals surface area contributed by atoms with Crippen molar-refractivity contribution in [3.63, 3.8) is 0 Å². The maximum Gasteiger partial charge on any atom is 0.227 e. The molecule has 0 spiro atoms. The first-order valence-corrected chi connectivity index (χ1v) is 8.95. The normalized spacial score (nSPS) is 22.2. The van der Waals surface area contributed by atoms with E-state index in [9.17, 15) is 9.59 Å². The van der Waals surface area contributed by atoms with Crippen molar-refractivity contribution in [3.8, 4) is 0 Å². The summed E-state index contributed by atoms with van der Waals surface area (Å²) in [6, 6.07) is 8.24. The quantitative estimate of drug-likeness (QED) is 0.813. The second-order valence-electron chi connectivity index (χ2n) is 7.10. The highest BCUT2D eigenvalue weighted by Gasteiger charge is 2.32. The summed E-state index contributed by atoms with van der Waals surface area (Å²) in [5.41, 5.74) is 7.67. The Hall–Kier alpha value is -1.59. The molecule has 138 valence electrons.